The Morgan fingerprint density at radius 3 is 2.86 bits per heavy atom. The summed E-state index contributed by atoms with van der Waals surface area (Å²) in [5.41, 5.74) is 8.70. The van der Waals surface area contributed by atoms with Gasteiger partial charge in [-0.25, -0.2) is 10.5 Å². The molecule has 0 amide bonds. The molecule has 4 N–H and O–H groups in total. The van der Waals surface area contributed by atoms with Crippen molar-refractivity contribution in [3.05, 3.63) is 30.0 Å². The maximum Gasteiger partial charge on any atom is 0.222 e. The van der Waals surface area contributed by atoms with Crippen LogP contribution in [0, 0.1) is 0 Å². The molecule has 0 aromatic carbocycles. The number of fused-ring (bicyclic) bond motifs is 1. The van der Waals surface area contributed by atoms with E-state index < -0.39 is 0 Å². The Hall–Kier alpha value is -1.22. The summed E-state index contributed by atoms with van der Waals surface area (Å²) >= 11 is 3.58. The Morgan fingerprint density at radius 1 is 1.59 bits per heavy atom. The first-order chi connectivity index (χ1) is 10.5. The van der Waals surface area contributed by atoms with Crippen LogP contribution in [0.3, 0.4) is 0 Å². The van der Waals surface area contributed by atoms with Gasteiger partial charge in [0.25, 0.3) is 0 Å². The Kier molecular flexibility index (Phi) is 5.74. The summed E-state index contributed by atoms with van der Waals surface area (Å²) in [4.78, 5) is 11.7. The van der Waals surface area contributed by atoms with Crippen molar-refractivity contribution in [3.63, 3.8) is 0 Å². The van der Waals surface area contributed by atoms with Crippen molar-refractivity contribution >= 4 is 35.3 Å². The van der Waals surface area contributed by atoms with Crippen LogP contribution < -0.4 is 16.1 Å². The van der Waals surface area contributed by atoms with Crippen molar-refractivity contribution in [3.8, 4) is 0 Å². The fourth-order valence-electron chi connectivity index (χ4n) is 2.42. The summed E-state index contributed by atoms with van der Waals surface area (Å²) in [5.74, 6) is 2.30. The van der Waals surface area contributed by atoms with E-state index in [-0.39, 0.29) is 0 Å². The molecule has 2 unspecified atom stereocenters. The molecular formula is C14H21N5OS2. The van der Waals surface area contributed by atoms with Crippen molar-refractivity contribution in [1.82, 2.24) is 15.4 Å². The maximum absolute atomic E-state index is 7.32. The number of anilines is 2. The fourth-order valence-corrected chi connectivity index (χ4v) is 4.73. The van der Waals surface area contributed by atoms with Crippen LogP contribution in [-0.4, -0.2) is 39.3 Å². The zero-order valence-electron chi connectivity index (χ0n) is 12.7. The Labute approximate surface area is 139 Å². The van der Waals surface area contributed by atoms with E-state index in [4.69, 9.17) is 10.9 Å². The molecule has 3 rings (SSSR count). The molecule has 2 atom stereocenters. The van der Waals surface area contributed by atoms with Crippen molar-refractivity contribution in [1.29, 1.82) is 0 Å². The predicted molar refractivity (Wildman–Crippen MR) is 94.2 cm³/mol. The monoisotopic (exact) mass is 339 g/mol. The van der Waals surface area contributed by atoms with E-state index in [0.29, 0.717) is 17.2 Å². The van der Waals surface area contributed by atoms with Crippen molar-refractivity contribution in [2.75, 3.05) is 23.4 Å². The molecule has 1 aromatic rings. The van der Waals surface area contributed by atoms with E-state index in [2.05, 4.69) is 34.9 Å². The summed E-state index contributed by atoms with van der Waals surface area (Å²) in [7, 11) is 1.43. The number of aromatic nitrogens is 2. The fraction of sp³-hybridized carbons (Fsp3) is 0.429. The molecular weight excluding hydrogens is 318 g/mol. The zero-order chi connectivity index (χ0) is 16.3. The highest BCUT2D eigenvalue weighted by molar-refractivity contribution is 8.03. The minimum atomic E-state index is 0.321. The highest BCUT2D eigenvalue weighted by Gasteiger charge is 2.37. The second-order valence-electron chi connectivity index (χ2n) is 5.06. The molecule has 0 spiro atoms. The van der Waals surface area contributed by atoms with Gasteiger partial charge >= 0.3 is 0 Å². The molecule has 0 aliphatic carbocycles. The summed E-state index contributed by atoms with van der Waals surface area (Å²) < 4.78 is 0. The van der Waals surface area contributed by atoms with Crippen LogP contribution in [0.2, 0.25) is 0 Å². The molecule has 6 nitrogen and oxygen atoms in total. The van der Waals surface area contributed by atoms with Crippen LogP contribution in [-0.2, 0) is 0 Å². The lowest BCUT2D eigenvalue weighted by atomic mass is 10.1. The second kappa shape index (κ2) is 7.36. The Morgan fingerprint density at radius 2 is 2.27 bits per heavy atom. The third kappa shape index (κ3) is 3.57. The van der Waals surface area contributed by atoms with E-state index in [1.54, 1.807) is 23.4 Å². The number of rotatable bonds is 2. The van der Waals surface area contributed by atoms with Crippen LogP contribution in [0.25, 0.3) is 0 Å². The second-order valence-corrected chi connectivity index (χ2v) is 7.41. The predicted octanol–water partition coefficient (Wildman–Crippen LogP) is 2.49. The van der Waals surface area contributed by atoms with E-state index >= 15 is 0 Å². The van der Waals surface area contributed by atoms with Gasteiger partial charge in [0.15, 0.2) is 5.82 Å². The molecule has 0 radical (unpaired) electrons. The third-order valence-corrected chi connectivity index (χ3v) is 5.88. The number of nitrogens with two attached hydrogens (primary N) is 1. The standard InChI is InChI=1S/C13H16N4S2.CH5NO/c1-7(2)10-4-9(6-18-10)17-8(3)19-11-5-15-13(14)16-12(11)17;1-2-3/h5,9-10H,1,3-4,6H2,2H3,(H2,14,15,16);2-3H,1H3. The first-order valence-corrected chi connectivity index (χ1v) is 8.70. The maximum atomic E-state index is 7.32. The van der Waals surface area contributed by atoms with Gasteiger partial charge in [0.2, 0.25) is 5.95 Å². The smallest absolute Gasteiger partial charge is 0.222 e. The molecule has 1 saturated heterocycles. The number of hydrogen-bond acceptors (Lipinski definition) is 8. The molecule has 3 heterocycles. The van der Waals surface area contributed by atoms with Gasteiger partial charge in [-0.05, 0) is 13.3 Å². The molecule has 22 heavy (non-hydrogen) atoms. The van der Waals surface area contributed by atoms with Crippen molar-refractivity contribution < 1.29 is 5.21 Å². The number of thioether (sulfide) groups is 2. The van der Waals surface area contributed by atoms with Gasteiger partial charge in [-0.15, -0.1) is 0 Å². The lowest BCUT2D eigenvalue weighted by molar-refractivity contribution is 0.194. The first kappa shape index (κ1) is 17.1. The van der Waals surface area contributed by atoms with Crippen LogP contribution in [0.5, 0.6) is 0 Å². The molecule has 120 valence electrons. The van der Waals surface area contributed by atoms with Crippen molar-refractivity contribution in [2.45, 2.75) is 29.5 Å². The topological polar surface area (TPSA) is 87.3 Å². The van der Waals surface area contributed by atoms with Crippen LogP contribution >= 0.6 is 23.5 Å². The van der Waals surface area contributed by atoms with Crippen LogP contribution in [0.4, 0.5) is 11.8 Å². The summed E-state index contributed by atoms with van der Waals surface area (Å²) in [6.07, 6.45) is 2.87. The summed E-state index contributed by atoms with van der Waals surface area (Å²) in [5, 5.41) is 8.87. The van der Waals surface area contributed by atoms with E-state index in [0.717, 1.165) is 27.9 Å². The van der Waals surface area contributed by atoms with Gasteiger partial charge in [0, 0.05) is 30.3 Å². The molecule has 8 heteroatoms. The Balaban J connectivity index is 0.000000545. The molecule has 1 aromatic heterocycles. The highest BCUT2D eigenvalue weighted by atomic mass is 32.2. The van der Waals surface area contributed by atoms with Gasteiger partial charge in [0.05, 0.1) is 9.92 Å². The molecule has 2 aliphatic rings. The largest absolute Gasteiger partial charge is 0.368 e. The normalized spacial score (nSPS) is 23.0. The molecule has 2 aliphatic heterocycles. The lowest BCUT2D eigenvalue weighted by Gasteiger charge is -2.25. The van der Waals surface area contributed by atoms with Gasteiger partial charge in [0.1, 0.15) is 0 Å². The van der Waals surface area contributed by atoms with Gasteiger partial charge < -0.3 is 15.8 Å². The number of nitrogens with zero attached hydrogens (tertiary/aromatic N) is 3. The van der Waals surface area contributed by atoms with Crippen LogP contribution in [0.1, 0.15) is 13.3 Å². The number of hydroxylamine groups is 1. The minimum Gasteiger partial charge on any atom is -0.368 e. The zero-order valence-corrected chi connectivity index (χ0v) is 14.4. The summed E-state index contributed by atoms with van der Waals surface area (Å²) in [6.45, 7) is 10.3. The lowest BCUT2D eigenvalue weighted by Crippen LogP contribution is -2.32. The number of nitrogens with one attached hydrogen (secondary N) is 1. The average Bonchev–Trinajstić information content (AvgIpc) is 3.03. The third-order valence-electron chi connectivity index (χ3n) is 3.37. The highest BCUT2D eigenvalue weighted by Crippen LogP contribution is 2.48. The van der Waals surface area contributed by atoms with E-state index in [9.17, 15) is 0 Å². The Bertz CT molecular complexity index is 580. The van der Waals surface area contributed by atoms with E-state index in [1.807, 2.05) is 11.8 Å². The molecule has 1 fully saturated rings. The van der Waals surface area contributed by atoms with Crippen molar-refractivity contribution in [2.24, 2.45) is 0 Å². The van der Waals surface area contributed by atoms with Gasteiger partial charge in [-0.1, -0.05) is 30.5 Å². The first-order valence-electron chi connectivity index (χ1n) is 6.84. The minimum absolute atomic E-state index is 0.321. The van der Waals surface area contributed by atoms with E-state index in [1.165, 1.54) is 12.6 Å². The molecule has 0 saturated carbocycles. The quantitative estimate of drug-likeness (QED) is 0.559. The summed E-state index contributed by atoms with van der Waals surface area (Å²) in [6, 6.07) is 0.419. The molecule has 0 bridgehead atoms. The SMILES string of the molecule is C=C(C)C1CC(N2C(=C)Sc3cnc(N)nc32)CS1.CNO. The average molecular weight is 339 g/mol. The van der Waals surface area contributed by atoms with Gasteiger partial charge in [-0.3, -0.25) is 0 Å². The number of hydrogen-bond donors (Lipinski definition) is 3. The van der Waals surface area contributed by atoms with Gasteiger partial charge in [-0.2, -0.15) is 16.7 Å². The number of nitrogen functional groups attached to an aromatic ring is 1. The van der Waals surface area contributed by atoms with Crippen LogP contribution in [0.15, 0.2) is 34.9 Å².